The SMILES string of the molecule is CC1CCCc2cc(O)ccc2N1. The van der Waals surface area contributed by atoms with Crippen molar-refractivity contribution in [2.24, 2.45) is 0 Å². The van der Waals surface area contributed by atoms with E-state index in [9.17, 15) is 5.11 Å². The number of phenols is 1. The lowest BCUT2D eigenvalue weighted by atomic mass is 10.1. The number of phenolic OH excluding ortho intramolecular Hbond substituents is 1. The summed E-state index contributed by atoms with van der Waals surface area (Å²) in [4.78, 5) is 0. The maximum absolute atomic E-state index is 9.32. The van der Waals surface area contributed by atoms with Gasteiger partial charge in [0.05, 0.1) is 0 Å². The molecule has 0 saturated carbocycles. The minimum Gasteiger partial charge on any atom is -0.508 e. The van der Waals surface area contributed by atoms with E-state index in [0.717, 1.165) is 6.42 Å². The number of nitrogens with one attached hydrogen (secondary N) is 1. The monoisotopic (exact) mass is 177 g/mol. The number of aryl methyl sites for hydroxylation is 1. The van der Waals surface area contributed by atoms with E-state index in [2.05, 4.69) is 12.2 Å². The van der Waals surface area contributed by atoms with E-state index in [1.54, 1.807) is 6.07 Å². The molecule has 0 radical (unpaired) electrons. The number of aromatic hydroxyl groups is 1. The van der Waals surface area contributed by atoms with Crippen LogP contribution in [0.5, 0.6) is 5.75 Å². The quantitative estimate of drug-likeness (QED) is 0.597. The molecule has 1 aromatic rings. The van der Waals surface area contributed by atoms with Gasteiger partial charge in [-0.1, -0.05) is 0 Å². The van der Waals surface area contributed by atoms with Gasteiger partial charge in [0, 0.05) is 11.7 Å². The first-order valence-electron chi connectivity index (χ1n) is 4.84. The zero-order chi connectivity index (χ0) is 9.26. The highest BCUT2D eigenvalue weighted by atomic mass is 16.3. The molecule has 70 valence electrons. The molecule has 0 aromatic heterocycles. The predicted octanol–water partition coefficient (Wildman–Crippen LogP) is 2.53. The molecule has 2 rings (SSSR count). The van der Waals surface area contributed by atoms with Crippen LogP contribution in [-0.4, -0.2) is 11.1 Å². The zero-order valence-electron chi connectivity index (χ0n) is 7.88. The minimum atomic E-state index is 0.370. The van der Waals surface area contributed by atoms with Crippen molar-refractivity contribution in [2.45, 2.75) is 32.2 Å². The largest absolute Gasteiger partial charge is 0.508 e. The van der Waals surface area contributed by atoms with E-state index in [-0.39, 0.29) is 0 Å². The molecule has 0 saturated heterocycles. The van der Waals surface area contributed by atoms with Crippen LogP contribution >= 0.6 is 0 Å². The topological polar surface area (TPSA) is 32.3 Å². The fourth-order valence-corrected chi connectivity index (χ4v) is 1.86. The maximum atomic E-state index is 9.32. The molecule has 1 heterocycles. The summed E-state index contributed by atoms with van der Waals surface area (Å²) in [6.07, 6.45) is 3.47. The van der Waals surface area contributed by atoms with E-state index in [1.165, 1.54) is 24.1 Å². The van der Waals surface area contributed by atoms with E-state index >= 15 is 0 Å². The Kier molecular flexibility index (Phi) is 2.13. The molecule has 1 aliphatic heterocycles. The summed E-state index contributed by atoms with van der Waals surface area (Å²) in [6, 6.07) is 6.11. The van der Waals surface area contributed by atoms with Crippen LogP contribution in [0.15, 0.2) is 18.2 Å². The van der Waals surface area contributed by atoms with Gasteiger partial charge in [0.15, 0.2) is 0 Å². The van der Waals surface area contributed by atoms with Crippen LogP contribution in [0.25, 0.3) is 0 Å². The Balaban J connectivity index is 2.34. The Hall–Kier alpha value is -1.18. The molecule has 13 heavy (non-hydrogen) atoms. The first-order chi connectivity index (χ1) is 6.25. The average molecular weight is 177 g/mol. The normalized spacial score (nSPS) is 21.5. The molecule has 2 nitrogen and oxygen atoms in total. The van der Waals surface area contributed by atoms with Gasteiger partial charge in [-0.15, -0.1) is 0 Å². The van der Waals surface area contributed by atoms with Crippen LogP contribution in [0, 0.1) is 0 Å². The lowest BCUT2D eigenvalue weighted by Gasteiger charge is -2.12. The fourth-order valence-electron chi connectivity index (χ4n) is 1.86. The van der Waals surface area contributed by atoms with Crippen LogP contribution in [0.3, 0.4) is 0 Å². The smallest absolute Gasteiger partial charge is 0.116 e. The summed E-state index contributed by atoms with van der Waals surface area (Å²) < 4.78 is 0. The van der Waals surface area contributed by atoms with Crippen LogP contribution in [0.1, 0.15) is 25.3 Å². The third-order valence-electron chi connectivity index (χ3n) is 2.57. The van der Waals surface area contributed by atoms with Crippen molar-refractivity contribution in [1.82, 2.24) is 0 Å². The molecule has 1 aliphatic rings. The van der Waals surface area contributed by atoms with Crippen molar-refractivity contribution in [1.29, 1.82) is 0 Å². The highest BCUT2D eigenvalue weighted by molar-refractivity contribution is 5.55. The van der Waals surface area contributed by atoms with Crippen molar-refractivity contribution in [3.8, 4) is 5.75 Å². The summed E-state index contributed by atoms with van der Waals surface area (Å²) >= 11 is 0. The van der Waals surface area contributed by atoms with E-state index in [0.29, 0.717) is 11.8 Å². The first-order valence-corrected chi connectivity index (χ1v) is 4.84. The molecule has 1 atom stereocenters. The summed E-state index contributed by atoms with van der Waals surface area (Å²) in [6.45, 7) is 2.20. The third kappa shape index (κ3) is 1.77. The Morgan fingerprint density at radius 3 is 3.15 bits per heavy atom. The van der Waals surface area contributed by atoms with E-state index < -0.39 is 0 Å². The number of anilines is 1. The first kappa shape index (κ1) is 8.42. The van der Waals surface area contributed by atoms with Gasteiger partial charge in [-0.2, -0.15) is 0 Å². The summed E-state index contributed by atoms with van der Waals surface area (Å²) in [5.74, 6) is 0.370. The summed E-state index contributed by atoms with van der Waals surface area (Å²) in [7, 11) is 0. The second kappa shape index (κ2) is 3.29. The molecule has 0 bridgehead atoms. The Morgan fingerprint density at radius 1 is 1.46 bits per heavy atom. The highest BCUT2D eigenvalue weighted by Crippen LogP contribution is 2.26. The number of hydrogen-bond acceptors (Lipinski definition) is 2. The molecule has 0 spiro atoms. The number of rotatable bonds is 0. The summed E-state index contributed by atoms with van der Waals surface area (Å²) in [5.41, 5.74) is 2.42. The predicted molar refractivity (Wildman–Crippen MR) is 54.1 cm³/mol. The van der Waals surface area contributed by atoms with Crippen molar-refractivity contribution < 1.29 is 5.11 Å². The molecule has 1 unspecified atom stereocenters. The standard InChI is InChI=1S/C11H15NO/c1-8-3-2-4-9-7-10(13)5-6-11(9)12-8/h5-8,12-13H,2-4H2,1H3. The second-order valence-electron chi connectivity index (χ2n) is 3.78. The number of hydrogen-bond donors (Lipinski definition) is 2. The lowest BCUT2D eigenvalue weighted by molar-refractivity contribution is 0.474. The maximum Gasteiger partial charge on any atom is 0.116 e. The molecule has 0 fully saturated rings. The average Bonchev–Trinajstić information content (AvgIpc) is 2.25. The lowest BCUT2D eigenvalue weighted by Crippen LogP contribution is -2.12. The van der Waals surface area contributed by atoms with Gasteiger partial charge in [-0.05, 0) is 49.9 Å². The van der Waals surface area contributed by atoms with Gasteiger partial charge in [0.25, 0.3) is 0 Å². The summed E-state index contributed by atoms with van der Waals surface area (Å²) in [5, 5.41) is 12.8. The Labute approximate surface area is 78.6 Å². The van der Waals surface area contributed by atoms with Crippen molar-refractivity contribution in [3.05, 3.63) is 23.8 Å². The molecular formula is C11H15NO. The third-order valence-corrected chi connectivity index (χ3v) is 2.57. The van der Waals surface area contributed by atoms with Gasteiger partial charge < -0.3 is 10.4 Å². The minimum absolute atomic E-state index is 0.370. The van der Waals surface area contributed by atoms with Crippen LogP contribution < -0.4 is 5.32 Å². The van der Waals surface area contributed by atoms with Crippen molar-refractivity contribution in [2.75, 3.05) is 5.32 Å². The van der Waals surface area contributed by atoms with E-state index in [4.69, 9.17) is 0 Å². The molecule has 2 heteroatoms. The van der Waals surface area contributed by atoms with Crippen LogP contribution in [0.2, 0.25) is 0 Å². The second-order valence-corrected chi connectivity index (χ2v) is 3.78. The number of benzene rings is 1. The Morgan fingerprint density at radius 2 is 2.31 bits per heavy atom. The fraction of sp³-hybridized carbons (Fsp3) is 0.455. The van der Waals surface area contributed by atoms with Gasteiger partial charge in [0.1, 0.15) is 5.75 Å². The van der Waals surface area contributed by atoms with Crippen molar-refractivity contribution in [3.63, 3.8) is 0 Å². The highest BCUT2D eigenvalue weighted by Gasteiger charge is 2.11. The van der Waals surface area contributed by atoms with Crippen LogP contribution in [-0.2, 0) is 6.42 Å². The van der Waals surface area contributed by atoms with Crippen LogP contribution in [0.4, 0.5) is 5.69 Å². The van der Waals surface area contributed by atoms with Crippen molar-refractivity contribution >= 4 is 5.69 Å². The Bertz CT molecular complexity index is 309. The van der Waals surface area contributed by atoms with Gasteiger partial charge in [-0.3, -0.25) is 0 Å². The molecule has 2 N–H and O–H groups in total. The molecule has 0 aliphatic carbocycles. The molecule has 1 aromatic carbocycles. The number of fused-ring (bicyclic) bond motifs is 1. The van der Waals surface area contributed by atoms with E-state index in [1.807, 2.05) is 12.1 Å². The molecular weight excluding hydrogens is 162 g/mol. The van der Waals surface area contributed by atoms with Gasteiger partial charge in [0.2, 0.25) is 0 Å². The zero-order valence-corrected chi connectivity index (χ0v) is 7.88. The molecule has 0 amide bonds. The van der Waals surface area contributed by atoms with Gasteiger partial charge in [-0.25, -0.2) is 0 Å². The van der Waals surface area contributed by atoms with Gasteiger partial charge >= 0.3 is 0 Å².